The molecule has 26 heavy (non-hydrogen) atoms. The van der Waals surface area contributed by atoms with Crippen molar-refractivity contribution < 1.29 is 8.42 Å². The van der Waals surface area contributed by atoms with E-state index in [1.807, 2.05) is 53.4 Å². The third-order valence-electron chi connectivity index (χ3n) is 4.15. The van der Waals surface area contributed by atoms with Crippen LogP contribution >= 0.6 is 11.3 Å². The molecule has 2 aromatic heterocycles. The van der Waals surface area contributed by atoms with Crippen molar-refractivity contribution in [2.75, 3.05) is 4.72 Å². The standard InChI is InChI=1S/C19H17N3O2S2/c1-2-14-6-8-17(9-7-14)26(23,24)21-16-5-3-4-15(12-16)18-13-22-10-11-25-19(22)20-18/h3-13,21H,2H2,1H3. The average molecular weight is 383 g/mol. The maximum atomic E-state index is 12.6. The summed E-state index contributed by atoms with van der Waals surface area (Å²) in [6.07, 6.45) is 4.75. The fourth-order valence-corrected chi connectivity index (χ4v) is 4.48. The molecule has 132 valence electrons. The highest BCUT2D eigenvalue weighted by Gasteiger charge is 2.15. The largest absolute Gasteiger partial charge is 0.297 e. The van der Waals surface area contributed by atoms with E-state index in [1.165, 1.54) is 0 Å². The molecule has 0 aliphatic carbocycles. The SMILES string of the molecule is CCc1ccc(S(=O)(=O)Nc2cccc(-c3cn4ccsc4n3)c2)cc1. The van der Waals surface area contributed by atoms with E-state index in [0.717, 1.165) is 28.2 Å². The molecule has 0 atom stereocenters. The van der Waals surface area contributed by atoms with Gasteiger partial charge in [-0.1, -0.05) is 31.2 Å². The lowest BCUT2D eigenvalue weighted by Crippen LogP contribution is -2.12. The highest BCUT2D eigenvalue weighted by molar-refractivity contribution is 7.92. The van der Waals surface area contributed by atoms with Crippen molar-refractivity contribution in [3.05, 3.63) is 71.9 Å². The molecular weight excluding hydrogens is 366 g/mol. The van der Waals surface area contributed by atoms with E-state index in [0.29, 0.717) is 5.69 Å². The molecule has 0 fully saturated rings. The van der Waals surface area contributed by atoms with Crippen LogP contribution in [-0.2, 0) is 16.4 Å². The Morgan fingerprint density at radius 1 is 1.15 bits per heavy atom. The summed E-state index contributed by atoms with van der Waals surface area (Å²) in [5, 5.41) is 1.97. The zero-order chi connectivity index (χ0) is 18.1. The Hall–Kier alpha value is -2.64. The summed E-state index contributed by atoms with van der Waals surface area (Å²) >= 11 is 1.56. The molecule has 2 aromatic carbocycles. The van der Waals surface area contributed by atoms with Crippen LogP contribution in [0.15, 0.2) is 71.2 Å². The topological polar surface area (TPSA) is 63.5 Å². The minimum atomic E-state index is -3.62. The minimum Gasteiger partial charge on any atom is -0.297 e. The second-order valence-corrected chi connectivity index (χ2v) is 8.46. The van der Waals surface area contributed by atoms with Gasteiger partial charge in [0.15, 0.2) is 4.96 Å². The van der Waals surface area contributed by atoms with Crippen molar-refractivity contribution in [1.82, 2.24) is 9.38 Å². The van der Waals surface area contributed by atoms with Crippen molar-refractivity contribution in [2.24, 2.45) is 0 Å². The van der Waals surface area contributed by atoms with Gasteiger partial charge in [0.25, 0.3) is 10.0 Å². The van der Waals surface area contributed by atoms with Crippen LogP contribution in [0.2, 0.25) is 0 Å². The van der Waals surface area contributed by atoms with Crippen LogP contribution in [0.25, 0.3) is 16.2 Å². The van der Waals surface area contributed by atoms with E-state index < -0.39 is 10.0 Å². The van der Waals surface area contributed by atoms with Gasteiger partial charge in [-0.3, -0.25) is 9.12 Å². The lowest BCUT2D eigenvalue weighted by molar-refractivity contribution is 0.601. The Kier molecular flexibility index (Phi) is 4.26. The van der Waals surface area contributed by atoms with E-state index in [1.54, 1.807) is 35.6 Å². The van der Waals surface area contributed by atoms with Crippen LogP contribution < -0.4 is 4.72 Å². The van der Waals surface area contributed by atoms with E-state index in [4.69, 9.17) is 0 Å². The van der Waals surface area contributed by atoms with Gasteiger partial charge in [0.2, 0.25) is 0 Å². The molecule has 0 unspecified atom stereocenters. The van der Waals surface area contributed by atoms with Crippen LogP contribution in [-0.4, -0.2) is 17.8 Å². The number of anilines is 1. The third kappa shape index (κ3) is 3.23. The number of aryl methyl sites for hydroxylation is 1. The van der Waals surface area contributed by atoms with Gasteiger partial charge in [0.05, 0.1) is 10.6 Å². The third-order valence-corrected chi connectivity index (χ3v) is 6.31. The predicted octanol–water partition coefficient (Wildman–Crippen LogP) is 4.43. The number of nitrogens with one attached hydrogen (secondary N) is 1. The molecule has 0 saturated heterocycles. The zero-order valence-electron chi connectivity index (χ0n) is 14.1. The molecule has 4 rings (SSSR count). The quantitative estimate of drug-likeness (QED) is 0.555. The Labute approximate surface area is 156 Å². The van der Waals surface area contributed by atoms with Crippen molar-refractivity contribution in [3.63, 3.8) is 0 Å². The van der Waals surface area contributed by atoms with Gasteiger partial charge in [-0.2, -0.15) is 0 Å². The van der Waals surface area contributed by atoms with Crippen LogP contribution in [0, 0.1) is 0 Å². The predicted molar refractivity (Wildman–Crippen MR) is 105 cm³/mol. The molecule has 0 aliphatic rings. The molecular formula is C19H17N3O2S2. The number of sulfonamides is 1. The van der Waals surface area contributed by atoms with Gasteiger partial charge in [-0.05, 0) is 36.2 Å². The van der Waals surface area contributed by atoms with Crippen LogP contribution in [0.5, 0.6) is 0 Å². The molecule has 2 heterocycles. The smallest absolute Gasteiger partial charge is 0.261 e. The normalized spacial score (nSPS) is 11.7. The second-order valence-electron chi connectivity index (χ2n) is 5.90. The number of rotatable bonds is 5. The van der Waals surface area contributed by atoms with Gasteiger partial charge in [-0.25, -0.2) is 13.4 Å². The van der Waals surface area contributed by atoms with E-state index >= 15 is 0 Å². The van der Waals surface area contributed by atoms with Crippen LogP contribution in [0.3, 0.4) is 0 Å². The number of aromatic nitrogens is 2. The Morgan fingerprint density at radius 2 is 1.96 bits per heavy atom. The first kappa shape index (κ1) is 16.8. The first-order valence-corrected chi connectivity index (χ1v) is 10.6. The highest BCUT2D eigenvalue weighted by atomic mass is 32.2. The Bertz CT molecular complexity index is 1130. The summed E-state index contributed by atoms with van der Waals surface area (Å²) in [6, 6.07) is 14.2. The van der Waals surface area contributed by atoms with Crippen LogP contribution in [0.4, 0.5) is 5.69 Å². The fraction of sp³-hybridized carbons (Fsp3) is 0.105. The number of hydrogen-bond donors (Lipinski definition) is 1. The summed E-state index contributed by atoms with van der Waals surface area (Å²) in [4.78, 5) is 5.72. The molecule has 0 bridgehead atoms. The lowest BCUT2D eigenvalue weighted by Gasteiger charge is -2.09. The number of imidazole rings is 1. The minimum absolute atomic E-state index is 0.252. The lowest BCUT2D eigenvalue weighted by atomic mass is 10.1. The van der Waals surface area contributed by atoms with Gasteiger partial charge >= 0.3 is 0 Å². The molecule has 0 amide bonds. The summed E-state index contributed by atoms with van der Waals surface area (Å²) in [5.41, 5.74) is 3.29. The summed E-state index contributed by atoms with van der Waals surface area (Å²) < 4.78 is 29.8. The maximum Gasteiger partial charge on any atom is 0.261 e. The highest BCUT2D eigenvalue weighted by Crippen LogP contribution is 2.25. The van der Waals surface area contributed by atoms with Crippen molar-refractivity contribution >= 4 is 32.0 Å². The van der Waals surface area contributed by atoms with Gasteiger partial charge < -0.3 is 0 Å². The molecule has 5 nitrogen and oxygen atoms in total. The molecule has 0 spiro atoms. The zero-order valence-corrected chi connectivity index (χ0v) is 15.7. The van der Waals surface area contributed by atoms with Gasteiger partial charge in [0.1, 0.15) is 0 Å². The van der Waals surface area contributed by atoms with E-state index in [-0.39, 0.29) is 4.90 Å². The molecule has 0 saturated carbocycles. The number of thiazole rings is 1. The first-order chi connectivity index (χ1) is 12.5. The number of fused-ring (bicyclic) bond motifs is 1. The first-order valence-electron chi connectivity index (χ1n) is 8.19. The molecule has 4 aromatic rings. The monoisotopic (exact) mass is 383 g/mol. The fourth-order valence-electron chi connectivity index (χ4n) is 2.73. The van der Waals surface area contributed by atoms with E-state index in [2.05, 4.69) is 9.71 Å². The summed E-state index contributed by atoms with van der Waals surface area (Å²) in [5.74, 6) is 0. The molecule has 0 aliphatic heterocycles. The van der Waals surface area contributed by atoms with Crippen LogP contribution in [0.1, 0.15) is 12.5 Å². The molecule has 0 radical (unpaired) electrons. The van der Waals surface area contributed by atoms with E-state index in [9.17, 15) is 8.42 Å². The number of nitrogens with zero attached hydrogens (tertiary/aromatic N) is 2. The van der Waals surface area contributed by atoms with Crippen molar-refractivity contribution in [2.45, 2.75) is 18.2 Å². The van der Waals surface area contributed by atoms with Gasteiger partial charge in [0, 0.05) is 29.0 Å². The number of hydrogen-bond acceptors (Lipinski definition) is 4. The average Bonchev–Trinajstić information content (AvgIpc) is 3.23. The molecule has 7 heteroatoms. The van der Waals surface area contributed by atoms with Gasteiger partial charge in [-0.15, -0.1) is 11.3 Å². The second kappa shape index (κ2) is 6.59. The Balaban J connectivity index is 1.62. The maximum absolute atomic E-state index is 12.6. The summed E-state index contributed by atoms with van der Waals surface area (Å²) in [6.45, 7) is 2.04. The Morgan fingerprint density at radius 3 is 2.69 bits per heavy atom. The van der Waals surface area contributed by atoms with Crippen molar-refractivity contribution in [1.29, 1.82) is 0 Å². The van der Waals surface area contributed by atoms with Crippen molar-refractivity contribution in [3.8, 4) is 11.3 Å². The molecule has 1 N–H and O–H groups in total. The summed E-state index contributed by atoms with van der Waals surface area (Å²) in [7, 11) is -3.62. The number of benzene rings is 2.